The van der Waals surface area contributed by atoms with Gasteiger partial charge >= 0.3 is 0 Å². The van der Waals surface area contributed by atoms with Crippen LogP contribution in [0, 0.1) is 18.7 Å². The lowest BCUT2D eigenvalue weighted by Gasteiger charge is -2.13. The van der Waals surface area contributed by atoms with Gasteiger partial charge in [-0.05, 0) is 37.5 Å². The number of rotatable bonds is 8. The number of sulfonamides is 1. The maximum atomic E-state index is 13.5. The molecule has 136 valence electrons. The first-order valence-electron chi connectivity index (χ1n) is 8.02. The average molecular weight is 358 g/mol. The van der Waals surface area contributed by atoms with Crippen molar-refractivity contribution >= 4 is 21.7 Å². The van der Waals surface area contributed by atoms with Crippen molar-refractivity contribution in [1.29, 1.82) is 0 Å². The van der Waals surface area contributed by atoms with Crippen molar-refractivity contribution in [3.8, 4) is 0 Å². The van der Waals surface area contributed by atoms with E-state index < -0.39 is 15.8 Å². The van der Waals surface area contributed by atoms with Gasteiger partial charge in [0.1, 0.15) is 5.82 Å². The Bertz CT molecular complexity index is 660. The van der Waals surface area contributed by atoms with E-state index in [2.05, 4.69) is 34.2 Å². The van der Waals surface area contributed by atoms with Crippen LogP contribution in [0.4, 0.5) is 10.1 Å². The molecule has 0 fully saturated rings. The van der Waals surface area contributed by atoms with E-state index in [-0.39, 0.29) is 18.0 Å². The zero-order valence-corrected chi connectivity index (χ0v) is 15.5. The monoisotopic (exact) mass is 358 g/mol. The molecule has 0 aliphatic carbocycles. The van der Waals surface area contributed by atoms with Gasteiger partial charge in [0.25, 0.3) is 0 Å². The smallest absolute Gasteiger partial charge is 0.234 e. The number of hydrogen-bond donors (Lipinski definition) is 3. The molecule has 0 aliphatic rings. The summed E-state index contributed by atoms with van der Waals surface area (Å²) < 4.78 is 40.0. The maximum Gasteiger partial charge on any atom is 0.234 e. The average Bonchev–Trinajstić information content (AvgIpc) is 2.48. The lowest BCUT2D eigenvalue weighted by atomic mass is 10.2. The summed E-state index contributed by atoms with van der Waals surface area (Å²) in [4.78, 5) is 4.37. The minimum atomic E-state index is -3.57. The van der Waals surface area contributed by atoms with Gasteiger partial charge < -0.3 is 10.6 Å². The third-order valence-electron chi connectivity index (χ3n) is 3.07. The Kier molecular flexibility index (Phi) is 7.97. The molecule has 0 saturated heterocycles. The molecule has 1 rings (SSSR count). The number of halogens is 1. The maximum absolute atomic E-state index is 13.5. The van der Waals surface area contributed by atoms with Crippen molar-refractivity contribution in [2.45, 2.75) is 27.7 Å². The van der Waals surface area contributed by atoms with E-state index in [9.17, 15) is 12.8 Å². The van der Waals surface area contributed by atoms with Gasteiger partial charge in [0.05, 0.1) is 11.4 Å². The highest BCUT2D eigenvalue weighted by Gasteiger charge is 2.11. The highest BCUT2D eigenvalue weighted by molar-refractivity contribution is 7.92. The summed E-state index contributed by atoms with van der Waals surface area (Å²) in [5.74, 6) is 0.419. The molecule has 6 nitrogen and oxygen atoms in total. The van der Waals surface area contributed by atoms with Gasteiger partial charge in [-0.25, -0.2) is 12.8 Å². The van der Waals surface area contributed by atoms with Gasteiger partial charge in [-0.3, -0.25) is 9.71 Å². The van der Waals surface area contributed by atoms with Crippen molar-refractivity contribution in [2.75, 3.05) is 30.1 Å². The molecule has 8 heteroatoms. The summed E-state index contributed by atoms with van der Waals surface area (Å²) in [6, 6.07) is 4.25. The predicted molar refractivity (Wildman–Crippen MR) is 97.4 cm³/mol. The summed E-state index contributed by atoms with van der Waals surface area (Å²) in [7, 11) is -3.57. The number of guanidine groups is 1. The first-order valence-corrected chi connectivity index (χ1v) is 9.67. The van der Waals surface area contributed by atoms with Gasteiger partial charge in [0.15, 0.2) is 5.96 Å². The second-order valence-corrected chi connectivity index (χ2v) is 7.77. The fourth-order valence-electron chi connectivity index (χ4n) is 1.81. The number of aliphatic imine (C=N–C) groups is 1. The van der Waals surface area contributed by atoms with Crippen LogP contribution >= 0.6 is 0 Å². The van der Waals surface area contributed by atoms with Crippen LogP contribution in [0.2, 0.25) is 0 Å². The molecule has 0 unspecified atom stereocenters. The van der Waals surface area contributed by atoms with Crippen molar-refractivity contribution < 1.29 is 12.8 Å². The van der Waals surface area contributed by atoms with E-state index in [0.29, 0.717) is 30.5 Å². The molecule has 1 aromatic rings. The molecular formula is C16H27FN4O2S. The topological polar surface area (TPSA) is 82.6 Å². The van der Waals surface area contributed by atoms with Crippen LogP contribution < -0.4 is 15.4 Å². The largest absolute Gasteiger partial charge is 0.357 e. The van der Waals surface area contributed by atoms with Gasteiger partial charge in [-0.2, -0.15) is 0 Å². The molecule has 0 saturated carbocycles. The van der Waals surface area contributed by atoms with Gasteiger partial charge in [-0.15, -0.1) is 0 Å². The summed E-state index contributed by atoms with van der Waals surface area (Å²) in [5, 5.41) is 6.05. The molecule has 0 bridgehead atoms. The van der Waals surface area contributed by atoms with Crippen molar-refractivity contribution in [3.63, 3.8) is 0 Å². The van der Waals surface area contributed by atoms with Crippen LogP contribution in [0.15, 0.2) is 23.2 Å². The molecule has 0 radical (unpaired) electrons. The molecule has 0 spiro atoms. The number of aryl methyl sites for hydroxylation is 1. The van der Waals surface area contributed by atoms with Crippen LogP contribution in [0.1, 0.15) is 26.3 Å². The second kappa shape index (κ2) is 9.46. The highest BCUT2D eigenvalue weighted by atomic mass is 32.2. The third-order valence-corrected chi connectivity index (χ3v) is 4.36. The molecule has 1 aromatic carbocycles. The lowest BCUT2D eigenvalue weighted by Crippen LogP contribution is -2.40. The van der Waals surface area contributed by atoms with Gasteiger partial charge in [0, 0.05) is 19.6 Å². The Hall–Kier alpha value is -1.83. The number of benzene rings is 1. The van der Waals surface area contributed by atoms with E-state index in [1.165, 1.54) is 18.2 Å². The fraction of sp³-hybridized carbons (Fsp3) is 0.562. The fourth-order valence-corrected chi connectivity index (χ4v) is 2.77. The van der Waals surface area contributed by atoms with E-state index in [1.54, 1.807) is 6.92 Å². The number of nitrogens with zero attached hydrogens (tertiary/aromatic N) is 1. The predicted octanol–water partition coefficient (Wildman–Crippen LogP) is 2.09. The number of nitrogens with one attached hydrogen (secondary N) is 3. The lowest BCUT2D eigenvalue weighted by molar-refractivity contribution is 0.599. The molecule has 0 amide bonds. The second-order valence-electron chi connectivity index (χ2n) is 5.93. The zero-order chi connectivity index (χ0) is 18.2. The van der Waals surface area contributed by atoms with E-state index in [0.717, 1.165) is 0 Å². The van der Waals surface area contributed by atoms with Crippen molar-refractivity contribution in [3.05, 3.63) is 29.6 Å². The molecule has 24 heavy (non-hydrogen) atoms. The summed E-state index contributed by atoms with van der Waals surface area (Å²) >= 11 is 0. The molecule has 3 N–H and O–H groups in total. The molecule has 0 heterocycles. The van der Waals surface area contributed by atoms with Crippen molar-refractivity contribution in [1.82, 2.24) is 10.6 Å². The molecule has 0 aliphatic heterocycles. The minimum Gasteiger partial charge on any atom is -0.357 e. The zero-order valence-electron chi connectivity index (χ0n) is 14.7. The van der Waals surface area contributed by atoms with E-state index in [4.69, 9.17) is 0 Å². The van der Waals surface area contributed by atoms with Crippen LogP contribution in [0.5, 0.6) is 0 Å². The Balaban J connectivity index is 2.57. The van der Waals surface area contributed by atoms with Gasteiger partial charge in [0.2, 0.25) is 10.0 Å². The highest BCUT2D eigenvalue weighted by Crippen LogP contribution is 2.14. The summed E-state index contributed by atoms with van der Waals surface area (Å²) in [6.45, 7) is 9.23. The first kappa shape index (κ1) is 20.2. The van der Waals surface area contributed by atoms with Gasteiger partial charge in [-0.1, -0.05) is 19.9 Å². The van der Waals surface area contributed by atoms with Crippen LogP contribution in [-0.2, 0) is 10.0 Å². The molecule has 0 atom stereocenters. The Morgan fingerprint density at radius 1 is 1.29 bits per heavy atom. The number of hydrogen-bond acceptors (Lipinski definition) is 3. The third kappa shape index (κ3) is 7.63. The normalized spacial score (nSPS) is 12.3. The summed E-state index contributed by atoms with van der Waals surface area (Å²) in [5.41, 5.74) is 0.690. The summed E-state index contributed by atoms with van der Waals surface area (Å²) in [6.07, 6.45) is 0. The van der Waals surface area contributed by atoms with Crippen LogP contribution in [0.3, 0.4) is 0 Å². The van der Waals surface area contributed by atoms with Crippen LogP contribution in [-0.4, -0.2) is 39.8 Å². The Morgan fingerprint density at radius 3 is 2.58 bits per heavy atom. The Morgan fingerprint density at radius 2 is 2.00 bits per heavy atom. The first-order chi connectivity index (χ1) is 11.2. The van der Waals surface area contributed by atoms with Crippen molar-refractivity contribution in [2.24, 2.45) is 10.9 Å². The van der Waals surface area contributed by atoms with E-state index in [1.807, 2.05) is 6.92 Å². The standard InChI is InChI=1S/C16H27FN4O2S/c1-5-18-16(20-11-12(2)3)19-8-9-24(22,23)21-14-7-6-13(4)15(17)10-14/h6-7,10,12,21H,5,8-9,11H2,1-4H3,(H2,18,19,20). The quantitative estimate of drug-likeness (QED) is 0.491. The van der Waals surface area contributed by atoms with E-state index >= 15 is 0 Å². The Labute approximate surface area is 144 Å². The minimum absolute atomic E-state index is 0.144. The molecular weight excluding hydrogens is 331 g/mol. The number of anilines is 1. The SMILES string of the molecule is CCNC(=NCC(C)C)NCCS(=O)(=O)Nc1ccc(C)c(F)c1. The van der Waals surface area contributed by atoms with Crippen LogP contribution in [0.25, 0.3) is 0 Å². The molecule has 0 aromatic heterocycles.